The van der Waals surface area contributed by atoms with Crippen LogP contribution in [0.25, 0.3) is 0 Å². The zero-order valence-electron chi connectivity index (χ0n) is 3.69. The summed E-state index contributed by atoms with van der Waals surface area (Å²) in [5.41, 5.74) is 0. The molecule has 0 bridgehead atoms. The molecule has 0 heterocycles. The number of rotatable bonds is 1. The number of hydrogen-bond donors (Lipinski definition) is 1. The van der Waals surface area contributed by atoms with Crippen LogP contribution in [0, 0.1) is 0 Å². The van der Waals surface area contributed by atoms with Crippen LogP contribution in [0.5, 0.6) is 0 Å². The van der Waals surface area contributed by atoms with Gasteiger partial charge in [0.2, 0.25) is 0 Å². The standard InChI is InChI=1S/C3H8FPS/c1-2-3-6(4)5/h6H,2-3H2,1H3. The molecule has 0 saturated carbocycles. The summed E-state index contributed by atoms with van der Waals surface area (Å²) in [5.74, 6) is 0.637. The van der Waals surface area contributed by atoms with Crippen molar-refractivity contribution in [3.05, 3.63) is 0 Å². The van der Waals surface area contributed by atoms with Crippen molar-refractivity contribution in [2.45, 2.75) is 13.3 Å². The summed E-state index contributed by atoms with van der Waals surface area (Å²) < 4.78 is 11.6. The third kappa shape index (κ3) is 4.71. The zero-order valence-corrected chi connectivity index (χ0v) is 5.48. The topological polar surface area (TPSA) is 0 Å². The van der Waals surface area contributed by atoms with E-state index >= 15 is 0 Å². The molecule has 0 aliphatic heterocycles. The van der Waals surface area contributed by atoms with Crippen LogP contribution in [-0.2, 0) is 0 Å². The van der Waals surface area contributed by atoms with E-state index in [4.69, 9.17) is 0 Å². The summed E-state index contributed by atoms with van der Waals surface area (Å²) in [6, 6.07) is 0. The van der Waals surface area contributed by atoms with E-state index in [9.17, 15) is 3.89 Å². The first-order valence-corrected chi connectivity index (χ1v) is 4.46. The molecule has 0 N–H and O–H groups in total. The van der Waals surface area contributed by atoms with Crippen LogP contribution >= 0.6 is 18.1 Å². The Hall–Kier alpha value is 0.710. The first-order valence-electron chi connectivity index (χ1n) is 1.89. The summed E-state index contributed by atoms with van der Waals surface area (Å²) in [5, 5.41) is 0. The molecule has 3 heteroatoms. The van der Waals surface area contributed by atoms with E-state index in [0.29, 0.717) is 5.75 Å². The summed E-state index contributed by atoms with van der Waals surface area (Å²) >= 11 is 0. The Kier molecular flexibility index (Phi) is 4.34. The molecule has 0 aliphatic rings. The van der Waals surface area contributed by atoms with E-state index in [1.165, 1.54) is 0 Å². The fraction of sp³-hybridized carbons (Fsp3) is 1.00. The average Bonchev–Trinajstić information content (AvgIpc) is 1.35. The molecule has 0 spiro atoms. The first kappa shape index (κ1) is 6.71. The minimum absolute atomic E-state index is 0.637. The van der Waals surface area contributed by atoms with Crippen LogP contribution < -0.4 is 0 Å². The van der Waals surface area contributed by atoms with Gasteiger partial charge in [0.25, 0.3) is 0 Å². The molecule has 0 aromatic carbocycles. The van der Waals surface area contributed by atoms with Gasteiger partial charge in [0.1, 0.15) is 0 Å². The van der Waals surface area contributed by atoms with Crippen molar-refractivity contribution in [2.24, 2.45) is 0 Å². The van der Waals surface area contributed by atoms with Gasteiger partial charge in [0.15, 0.2) is 0 Å². The molecule has 0 rings (SSSR count). The van der Waals surface area contributed by atoms with Gasteiger partial charge >= 0.3 is 41.1 Å². The van der Waals surface area contributed by atoms with Gasteiger partial charge < -0.3 is 0 Å². The van der Waals surface area contributed by atoms with E-state index in [2.05, 4.69) is 7.81 Å². The molecule has 1 unspecified atom stereocenters. The first-order chi connectivity index (χ1) is 2.77. The zero-order chi connectivity index (χ0) is 4.99. The van der Waals surface area contributed by atoms with E-state index in [-0.39, 0.29) is 0 Å². The normalized spacial score (nSPS) is 14.2. The molecule has 0 fully saturated rings. The Morgan fingerprint density at radius 3 is 2.33 bits per heavy atom. The molecular weight excluding hydrogens is 118 g/mol. The maximum atomic E-state index is 11.6. The Morgan fingerprint density at radius 2 is 2.33 bits per heavy atom. The van der Waals surface area contributed by atoms with Gasteiger partial charge in [-0.25, -0.2) is 0 Å². The number of thiol groups is 1. The fourth-order valence-corrected chi connectivity index (χ4v) is 1.15. The van der Waals surface area contributed by atoms with Crippen LogP contribution in [0.2, 0.25) is 0 Å². The Morgan fingerprint density at radius 1 is 1.83 bits per heavy atom. The van der Waals surface area contributed by atoms with Crippen molar-refractivity contribution in [3.63, 3.8) is 0 Å². The molecule has 0 aromatic rings. The number of halogens is 1. The van der Waals surface area contributed by atoms with Gasteiger partial charge in [-0.2, -0.15) is 0 Å². The predicted molar refractivity (Wildman–Crippen MR) is 32.2 cm³/mol. The summed E-state index contributed by atoms with van der Waals surface area (Å²) in [4.78, 5) is 0. The molecule has 1 atom stereocenters. The van der Waals surface area contributed by atoms with Crippen molar-refractivity contribution >= 4 is 18.1 Å². The van der Waals surface area contributed by atoms with Gasteiger partial charge in [0, 0.05) is 0 Å². The average molecular weight is 126 g/mol. The predicted octanol–water partition coefficient (Wildman–Crippen LogP) is 2.61. The minimum atomic E-state index is -1.41. The van der Waals surface area contributed by atoms with Crippen molar-refractivity contribution in [1.82, 2.24) is 0 Å². The second kappa shape index (κ2) is 3.89. The molecule has 0 nitrogen and oxygen atoms in total. The molecular formula is C3H8FPS. The molecule has 0 amide bonds. The van der Waals surface area contributed by atoms with Crippen LogP contribution in [0.4, 0.5) is 3.89 Å². The second-order valence-electron chi connectivity index (χ2n) is 1.06. The van der Waals surface area contributed by atoms with Gasteiger partial charge in [-0.05, 0) is 0 Å². The Labute approximate surface area is 41.8 Å². The van der Waals surface area contributed by atoms with Crippen molar-refractivity contribution in [3.8, 4) is 0 Å². The Balaban J connectivity index is 2.91. The summed E-state index contributed by atoms with van der Waals surface area (Å²) in [6.07, 6.45) is 0.908. The fourth-order valence-electron chi connectivity index (χ4n) is 0.185. The molecule has 0 aliphatic carbocycles. The third-order valence-corrected chi connectivity index (χ3v) is 1.82. The second-order valence-corrected chi connectivity index (χ2v) is 3.48. The van der Waals surface area contributed by atoms with Crippen molar-refractivity contribution in [2.75, 3.05) is 5.75 Å². The molecule has 0 aromatic heterocycles. The van der Waals surface area contributed by atoms with E-state index in [1.54, 1.807) is 0 Å². The van der Waals surface area contributed by atoms with Gasteiger partial charge in [-0.3, -0.25) is 0 Å². The van der Waals surface area contributed by atoms with Crippen LogP contribution in [0.1, 0.15) is 13.3 Å². The third-order valence-electron chi connectivity index (χ3n) is 0.408. The van der Waals surface area contributed by atoms with Gasteiger partial charge in [-0.1, -0.05) is 0 Å². The van der Waals surface area contributed by atoms with Crippen molar-refractivity contribution in [1.29, 1.82) is 0 Å². The van der Waals surface area contributed by atoms with Crippen LogP contribution in [0.15, 0.2) is 0 Å². The van der Waals surface area contributed by atoms with E-state index < -0.39 is 10.3 Å². The van der Waals surface area contributed by atoms with E-state index in [0.717, 1.165) is 6.42 Å². The summed E-state index contributed by atoms with van der Waals surface area (Å²) in [7, 11) is 2.17. The van der Waals surface area contributed by atoms with Gasteiger partial charge in [-0.15, -0.1) is 0 Å². The number of hydrogen-bond acceptors (Lipinski definition) is 0. The van der Waals surface area contributed by atoms with Gasteiger partial charge in [0.05, 0.1) is 0 Å². The molecule has 6 heavy (non-hydrogen) atoms. The SMILES string of the molecule is CCC[SH](F)#P. The molecule has 38 valence electrons. The van der Waals surface area contributed by atoms with Crippen LogP contribution in [0.3, 0.4) is 0 Å². The van der Waals surface area contributed by atoms with E-state index in [1.807, 2.05) is 6.92 Å². The molecule has 0 radical (unpaired) electrons. The quantitative estimate of drug-likeness (QED) is 0.405. The summed E-state index contributed by atoms with van der Waals surface area (Å²) in [6.45, 7) is 1.95. The maximum absolute atomic E-state index is 11.6. The monoisotopic (exact) mass is 126 g/mol. The Bertz CT molecular complexity index is 82.5. The molecule has 0 saturated heterocycles. The van der Waals surface area contributed by atoms with Crippen molar-refractivity contribution < 1.29 is 3.89 Å². The van der Waals surface area contributed by atoms with Crippen LogP contribution in [-0.4, -0.2) is 5.75 Å².